The zero-order valence-electron chi connectivity index (χ0n) is 14.3. The molecule has 0 spiro atoms. The highest BCUT2D eigenvalue weighted by Gasteiger charge is 2.16. The van der Waals surface area contributed by atoms with Crippen LogP contribution in [0.4, 0.5) is 15.8 Å². The molecule has 0 unspecified atom stereocenters. The van der Waals surface area contributed by atoms with Gasteiger partial charge in [0.25, 0.3) is 11.8 Å². The number of nitro groups is 1. The average molecular weight is 399 g/mol. The van der Waals surface area contributed by atoms with E-state index in [1.54, 1.807) is 36.4 Å². The topological polar surface area (TPSA) is 101 Å². The van der Waals surface area contributed by atoms with Gasteiger partial charge in [0.05, 0.1) is 9.80 Å². The molecule has 3 aromatic rings. The third kappa shape index (κ3) is 4.57. The van der Waals surface area contributed by atoms with E-state index >= 15 is 0 Å². The van der Waals surface area contributed by atoms with Gasteiger partial charge in [-0.05, 0) is 41.3 Å². The van der Waals surface area contributed by atoms with Crippen molar-refractivity contribution in [3.8, 4) is 0 Å². The highest BCUT2D eigenvalue weighted by Crippen LogP contribution is 2.22. The number of anilines is 1. The maximum absolute atomic E-state index is 13.4. The van der Waals surface area contributed by atoms with Crippen LogP contribution in [0.3, 0.4) is 0 Å². The molecule has 142 valence electrons. The summed E-state index contributed by atoms with van der Waals surface area (Å²) in [6.07, 6.45) is 0. The molecule has 0 fully saturated rings. The molecule has 9 heteroatoms. The number of hydrogen-bond acceptors (Lipinski definition) is 5. The van der Waals surface area contributed by atoms with Crippen LogP contribution in [0.5, 0.6) is 0 Å². The summed E-state index contributed by atoms with van der Waals surface area (Å²) in [4.78, 5) is 34.7. The Morgan fingerprint density at radius 2 is 1.82 bits per heavy atom. The number of benzene rings is 2. The van der Waals surface area contributed by atoms with Gasteiger partial charge in [-0.2, -0.15) is 4.39 Å². The molecule has 0 aliphatic heterocycles. The van der Waals surface area contributed by atoms with Crippen LogP contribution in [0.15, 0.2) is 60.0 Å². The zero-order chi connectivity index (χ0) is 20.1. The van der Waals surface area contributed by atoms with Crippen molar-refractivity contribution < 1.29 is 18.9 Å². The second kappa shape index (κ2) is 8.40. The Kier molecular flexibility index (Phi) is 5.75. The number of amides is 2. The molecule has 0 aliphatic carbocycles. The molecule has 2 N–H and O–H groups in total. The van der Waals surface area contributed by atoms with Gasteiger partial charge in [-0.3, -0.25) is 19.7 Å². The highest BCUT2D eigenvalue weighted by molar-refractivity contribution is 7.12. The lowest BCUT2D eigenvalue weighted by atomic mass is 10.1. The zero-order valence-corrected chi connectivity index (χ0v) is 15.2. The second-order valence-electron chi connectivity index (χ2n) is 5.73. The first-order chi connectivity index (χ1) is 13.4. The monoisotopic (exact) mass is 399 g/mol. The number of rotatable bonds is 6. The Balaban J connectivity index is 1.61. The second-order valence-corrected chi connectivity index (χ2v) is 6.68. The SMILES string of the molecule is O=C(Nc1ccc(F)c([N+](=O)[O-])c1)c1ccc(CNC(=O)c2cccs2)cc1. The molecule has 2 amide bonds. The van der Waals surface area contributed by atoms with Crippen LogP contribution < -0.4 is 10.6 Å². The Morgan fingerprint density at radius 3 is 2.46 bits per heavy atom. The Bertz CT molecular complexity index is 1020. The summed E-state index contributed by atoms with van der Waals surface area (Å²) in [6.45, 7) is 0.308. The lowest BCUT2D eigenvalue weighted by molar-refractivity contribution is -0.387. The fourth-order valence-corrected chi connectivity index (χ4v) is 3.02. The molecule has 0 saturated carbocycles. The first-order valence-corrected chi connectivity index (χ1v) is 8.98. The van der Waals surface area contributed by atoms with Crippen LogP contribution in [0, 0.1) is 15.9 Å². The maximum atomic E-state index is 13.4. The predicted octanol–water partition coefficient (Wildman–Crippen LogP) is 3.98. The minimum Gasteiger partial charge on any atom is -0.347 e. The Labute approximate surface area is 163 Å². The van der Waals surface area contributed by atoms with Gasteiger partial charge in [0.2, 0.25) is 5.82 Å². The van der Waals surface area contributed by atoms with Crippen LogP contribution in [0.1, 0.15) is 25.6 Å². The van der Waals surface area contributed by atoms with Gasteiger partial charge in [-0.25, -0.2) is 0 Å². The summed E-state index contributed by atoms with van der Waals surface area (Å²) < 4.78 is 13.4. The van der Waals surface area contributed by atoms with Gasteiger partial charge in [0.1, 0.15) is 0 Å². The number of nitrogens with zero attached hydrogens (tertiary/aromatic N) is 1. The van der Waals surface area contributed by atoms with Crippen molar-refractivity contribution >= 4 is 34.5 Å². The van der Waals surface area contributed by atoms with Gasteiger partial charge < -0.3 is 10.6 Å². The van der Waals surface area contributed by atoms with E-state index in [4.69, 9.17) is 0 Å². The number of carbonyl (C=O) groups is 2. The van der Waals surface area contributed by atoms with Gasteiger partial charge in [0, 0.05) is 23.9 Å². The average Bonchev–Trinajstić information content (AvgIpc) is 3.22. The predicted molar refractivity (Wildman–Crippen MR) is 103 cm³/mol. The first-order valence-electron chi connectivity index (χ1n) is 8.10. The minimum absolute atomic E-state index is 0.116. The smallest absolute Gasteiger partial charge is 0.306 e. The molecular formula is C19H14FN3O4S. The normalized spacial score (nSPS) is 10.3. The number of halogens is 1. The molecule has 1 aromatic heterocycles. The highest BCUT2D eigenvalue weighted by atomic mass is 32.1. The molecule has 1 heterocycles. The molecule has 0 radical (unpaired) electrons. The number of hydrogen-bond donors (Lipinski definition) is 2. The lowest BCUT2D eigenvalue weighted by Crippen LogP contribution is -2.21. The summed E-state index contributed by atoms with van der Waals surface area (Å²) in [5.74, 6) is -1.64. The summed E-state index contributed by atoms with van der Waals surface area (Å²) in [6, 6.07) is 13.2. The quantitative estimate of drug-likeness (QED) is 0.484. The van der Waals surface area contributed by atoms with E-state index in [0.29, 0.717) is 17.0 Å². The molecular weight excluding hydrogens is 385 g/mol. The number of carbonyl (C=O) groups excluding carboxylic acids is 2. The summed E-state index contributed by atoms with van der Waals surface area (Å²) >= 11 is 1.35. The first kappa shape index (κ1) is 19.2. The van der Waals surface area contributed by atoms with Crippen molar-refractivity contribution in [3.05, 3.63) is 91.9 Å². The van der Waals surface area contributed by atoms with E-state index < -0.39 is 22.3 Å². The summed E-state index contributed by atoms with van der Waals surface area (Å²) in [5.41, 5.74) is 0.527. The van der Waals surface area contributed by atoms with Gasteiger partial charge in [-0.1, -0.05) is 18.2 Å². The number of nitrogens with one attached hydrogen (secondary N) is 2. The van der Waals surface area contributed by atoms with Gasteiger partial charge >= 0.3 is 5.69 Å². The van der Waals surface area contributed by atoms with Gasteiger partial charge in [-0.15, -0.1) is 11.3 Å². The van der Waals surface area contributed by atoms with Crippen molar-refractivity contribution in [1.29, 1.82) is 0 Å². The van der Waals surface area contributed by atoms with E-state index in [9.17, 15) is 24.1 Å². The molecule has 0 bridgehead atoms. The Morgan fingerprint density at radius 1 is 1.07 bits per heavy atom. The fraction of sp³-hybridized carbons (Fsp3) is 0.0526. The minimum atomic E-state index is -0.975. The van der Waals surface area contributed by atoms with Crippen molar-refractivity contribution in [1.82, 2.24) is 5.32 Å². The van der Waals surface area contributed by atoms with Crippen LogP contribution >= 0.6 is 11.3 Å². The number of thiophene rings is 1. The third-order valence-corrected chi connectivity index (χ3v) is 4.68. The molecule has 0 atom stereocenters. The van der Waals surface area contributed by atoms with Crippen molar-refractivity contribution in [2.45, 2.75) is 6.54 Å². The van der Waals surface area contributed by atoms with Crippen molar-refractivity contribution in [2.24, 2.45) is 0 Å². The maximum Gasteiger partial charge on any atom is 0.306 e. The largest absolute Gasteiger partial charge is 0.347 e. The van der Waals surface area contributed by atoms with Gasteiger partial charge in [0.15, 0.2) is 0 Å². The Hall–Kier alpha value is -3.59. The lowest BCUT2D eigenvalue weighted by Gasteiger charge is -2.07. The van der Waals surface area contributed by atoms with E-state index in [1.807, 2.05) is 5.38 Å². The van der Waals surface area contributed by atoms with Crippen molar-refractivity contribution in [3.63, 3.8) is 0 Å². The van der Waals surface area contributed by atoms with E-state index in [0.717, 1.165) is 17.7 Å². The van der Waals surface area contributed by atoms with Crippen molar-refractivity contribution in [2.75, 3.05) is 5.32 Å². The molecule has 7 nitrogen and oxygen atoms in total. The van der Waals surface area contributed by atoms with Crippen LogP contribution in [0.25, 0.3) is 0 Å². The van der Waals surface area contributed by atoms with E-state index in [-0.39, 0.29) is 11.6 Å². The van der Waals surface area contributed by atoms with Crippen LogP contribution in [-0.2, 0) is 6.54 Å². The molecule has 3 rings (SSSR count). The molecule has 0 aliphatic rings. The molecule has 28 heavy (non-hydrogen) atoms. The molecule has 0 saturated heterocycles. The van der Waals surface area contributed by atoms with Crippen LogP contribution in [-0.4, -0.2) is 16.7 Å². The number of nitro benzene ring substituents is 1. The standard InChI is InChI=1S/C19H14FN3O4S/c20-15-8-7-14(10-16(15)23(26)27)22-18(24)13-5-3-12(4-6-13)11-21-19(25)17-2-1-9-28-17/h1-10H,11H2,(H,21,25)(H,22,24). The molecule has 2 aromatic carbocycles. The van der Waals surface area contributed by atoms with Crippen LogP contribution in [0.2, 0.25) is 0 Å². The summed E-state index contributed by atoms with van der Waals surface area (Å²) in [7, 11) is 0. The van der Waals surface area contributed by atoms with E-state index in [1.165, 1.54) is 17.4 Å². The fourth-order valence-electron chi connectivity index (χ4n) is 2.38. The summed E-state index contributed by atoms with van der Waals surface area (Å²) in [5, 5.41) is 17.9. The third-order valence-electron chi connectivity index (χ3n) is 3.81. The van der Waals surface area contributed by atoms with E-state index in [2.05, 4.69) is 10.6 Å².